The second-order valence-electron chi connectivity index (χ2n) is 7.01. The van der Waals surface area contributed by atoms with Gasteiger partial charge in [0.1, 0.15) is 12.7 Å². The molecule has 2 unspecified atom stereocenters. The van der Waals surface area contributed by atoms with Crippen LogP contribution in [0.5, 0.6) is 5.75 Å². The zero-order valence-corrected chi connectivity index (χ0v) is 16.7. The van der Waals surface area contributed by atoms with Crippen molar-refractivity contribution in [2.75, 3.05) is 18.1 Å². The van der Waals surface area contributed by atoms with Gasteiger partial charge in [0.15, 0.2) is 5.75 Å². The maximum atomic E-state index is 13.6. The Labute approximate surface area is 187 Å². The predicted octanol–water partition coefficient (Wildman–Crippen LogP) is 4.53. The zero-order valence-electron chi connectivity index (χ0n) is 16.7. The monoisotopic (exact) mass is 486 g/mol. The van der Waals surface area contributed by atoms with E-state index in [0.29, 0.717) is 11.0 Å². The number of nitro groups is 1. The Bertz CT molecular complexity index is 1190. The van der Waals surface area contributed by atoms with Crippen molar-refractivity contribution in [2.24, 2.45) is 0 Å². The molecule has 1 fully saturated rings. The van der Waals surface area contributed by atoms with Gasteiger partial charge in [0.2, 0.25) is 6.23 Å². The number of nitro benzene ring substituents is 1. The van der Waals surface area contributed by atoms with Gasteiger partial charge in [0, 0.05) is 11.8 Å². The number of hydrogen-bond acceptors (Lipinski definition) is 7. The van der Waals surface area contributed by atoms with Crippen LogP contribution in [0, 0.1) is 32.8 Å². The summed E-state index contributed by atoms with van der Waals surface area (Å²) in [6, 6.07) is 8.39. The highest BCUT2D eigenvalue weighted by Crippen LogP contribution is 2.39. The van der Waals surface area contributed by atoms with Crippen molar-refractivity contribution in [1.82, 2.24) is 0 Å². The molecule has 2 aromatic carbocycles. The minimum Gasteiger partial charge on any atom is -0.484 e. The van der Waals surface area contributed by atoms with E-state index in [1.165, 1.54) is 12.1 Å². The molecule has 0 N–H and O–H groups in total. The average Bonchev–Trinajstić information content (AvgIpc) is 3.21. The topological polar surface area (TPSA) is 112 Å². The van der Waals surface area contributed by atoms with Gasteiger partial charge >= 0.3 is 18.0 Å². The van der Waals surface area contributed by atoms with Gasteiger partial charge < -0.3 is 14.4 Å². The number of benzene rings is 2. The Balaban J connectivity index is 1.87. The first-order chi connectivity index (χ1) is 15.8. The number of nitrogens with zero attached hydrogens (tertiary/aromatic N) is 4. The highest BCUT2D eigenvalue weighted by atomic mass is 19.4. The molecule has 0 spiro atoms. The van der Waals surface area contributed by atoms with E-state index in [4.69, 9.17) is 20.0 Å². The number of anilines is 1. The van der Waals surface area contributed by atoms with E-state index >= 15 is 0 Å². The van der Waals surface area contributed by atoms with Crippen molar-refractivity contribution in [3.8, 4) is 17.9 Å². The molecule has 34 heavy (non-hydrogen) atoms. The normalized spacial score (nSPS) is 18.3. The molecule has 0 amide bonds. The molecule has 0 aromatic heterocycles. The van der Waals surface area contributed by atoms with Gasteiger partial charge in [-0.05, 0) is 30.3 Å². The second kappa shape index (κ2) is 9.07. The molecular weight excluding hydrogens is 474 g/mol. The lowest BCUT2D eigenvalue weighted by molar-refractivity contribution is -0.386. The molecule has 1 heterocycles. The summed E-state index contributed by atoms with van der Waals surface area (Å²) in [5, 5.41) is 28.9. The van der Waals surface area contributed by atoms with Crippen LogP contribution in [0.15, 0.2) is 36.4 Å². The zero-order chi connectivity index (χ0) is 25.3. The summed E-state index contributed by atoms with van der Waals surface area (Å²) in [5.74, 6) is -0.327. The molecule has 0 radical (unpaired) electrons. The summed E-state index contributed by atoms with van der Waals surface area (Å²) < 4.78 is 90.7. The van der Waals surface area contributed by atoms with E-state index < -0.39 is 65.3 Å². The van der Waals surface area contributed by atoms with Gasteiger partial charge in [-0.15, -0.1) is 0 Å². The lowest BCUT2D eigenvalue weighted by Crippen LogP contribution is -2.42. The summed E-state index contributed by atoms with van der Waals surface area (Å²) in [5.41, 5.74) is -3.28. The number of nitriles is 2. The standard InChI is InChI=1S/C20H12F6N4O4/c21-19(22,23)15-6-13(3-2-12(15)8-28)29-9-14(34-18(29)20(24,25)26)10-33-17-4-1-11(7-27)5-16(17)30(31)32/h1-6,14,18H,9-10H2. The van der Waals surface area contributed by atoms with Crippen molar-refractivity contribution >= 4 is 11.4 Å². The third-order valence-electron chi connectivity index (χ3n) is 4.75. The fourth-order valence-corrected chi connectivity index (χ4v) is 3.28. The third kappa shape index (κ3) is 5.13. The van der Waals surface area contributed by atoms with Gasteiger partial charge in [-0.1, -0.05) is 0 Å². The van der Waals surface area contributed by atoms with Crippen LogP contribution in [0.25, 0.3) is 0 Å². The highest BCUT2D eigenvalue weighted by molar-refractivity contribution is 5.56. The minimum absolute atomic E-state index is 0.0410. The van der Waals surface area contributed by atoms with Crippen LogP contribution in [0.4, 0.5) is 37.7 Å². The molecule has 8 nitrogen and oxygen atoms in total. The molecule has 0 bridgehead atoms. The smallest absolute Gasteiger partial charge is 0.433 e. The fourth-order valence-electron chi connectivity index (χ4n) is 3.28. The predicted molar refractivity (Wildman–Crippen MR) is 102 cm³/mol. The lowest BCUT2D eigenvalue weighted by atomic mass is 10.1. The van der Waals surface area contributed by atoms with Crippen LogP contribution >= 0.6 is 0 Å². The number of halogens is 6. The molecule has 1 aliphatic rings. The number of alkyl halides is 6. The number of ether oxygens (including phenoxy) is 2. The SMILES string of the molecule is N#Cc1ccc(OCC2CN(c3ccc(C#N)c(C(F)(F)F)c3)C(C(F)(F)F)O2)c([N+](=O)[O-])c1. The lowest BCUT2D eigenvalue weighted by Gasteiger charge is -2.27. The summed E-state index contributed by atoms with van der Waals surface area (Å²) in [6.07, 6.45) is -13.9. The van der Waals surface area contributed by atoms with Gasteiger partial charge in [-0.2, -0.15) is 36.9 Å². The van der Waals surface area contributed by atoms with E-state index in [-0.39, 0.29) is 11.3 Å². The maximum Gasteiger partial charge on any atom is 0.433 e. The van der Waals surface area contributed by atoms with E-state index in [2.05, 4.69) is 0 Å². The molecule has 2 atom stereocenters. The molecule has 3 rings (SSSR count). The van der Waals surface area contributed by atoms with Gasteiger partial charge in [0.05, 0.1) is 40.3 Å². The Morgan fingerprint density at radius 2 is 1.82 bits per heavy atom. The summed E-state index contributed by atoms with van der Waals surface area (Å²) in [4.78, 5) is 10.9. The molecule has 178 valence electrons. The first-order valence-corrected chi connectivity index (χ1v) is 9.26. The van der Waals surface area contributed by atoms with Crippen LogP contribution in [0.2, 0.25) is 0 Å². The quantitative estimate of drug-likeness (QED) is 0.347. The first-order valence-electron chi connectivity index (χ1n) is 9.26. The van der Waals surface area contributed by atoms with Crippen LogP contribution in [-0.4, -0.2) is 36.6 Å². The molecular formula is C20H12F6N4O4. The van der Waals surface area contributed by atoms with Crippen LogP contribution < -0.4 is 9.64 Å². The van der Waals surface area contributed by atoms with Gasteiger partial charge in [0.25, 0.3) is 0 Å². The van der Waals surface area contributed by atoms with Gasteiger partial charge in [-0.3, -0.25) is 10.1 Å². The Hall–Kier alpha value is -4.04. The molecule has 1 saturated heterocycles. The fraction of sp³-hybridized carbons (Fsp3) is 0.300. The van der Waals surface area contributed by atoms with Crippen molar-refractivity contribution in [2.45, 2.75) is 24.7 Å². The van der Waals surface area contributed by atoms with Crippen LogP contribution in [0.1, 0.15) is 16.7 Å². The first kappa shape index (κ1) is 24.6. The van der Waals surface area contributed by atoms with E-state index in [0.717, 1.165) is 24.3 Å². The van der Waals surface area contributed by atoms with Crippen LogP contribution in [-0.2, 0) is 10.9 Å². The summed E-state index contributed by atoms with van der Waals surface area (Å²) >= 11 is 0. The second-order valence-corrected chi connectivity index (χ2v) is 7.01. The highest BCUT2D eigenvalue weighted by Gasteiger charge is 2.51. The van der Waals surface area contributed by atoms with E-state index in [1.807, 2.05) is 0 Å². The Kier molecular flexibility index (Phi) is 6.56. The molecule has 14 heteroatoms. The van der Waals surface area contributed by atoms with Crippen LogP contribution in [0.3, 0.4) is 0 Å². The van der Waals surface area contributed by atoms with Gasteiger partial charge in [-0.25, -0.2) is 0 Å². The van der Waals surface area contributed by atoms with Crippen molar-refractivity contribution in [3.05, 3.63) is 63.2 Å². The van der Waals surface area contributed by atoms with Crippen molar-refractivity contribution in [1.29, 1.82) is 10.5 Å². The molecule has 0 aliphatic carbocycles. The summed E-state index contributed by atoms with van der Waals surface area (Å²) in [7, 11) is 0. The van der Waals surface area contributed by atoms with E-state index in [9.17, 15) is 36.5 Å². The largest absolute Gasteiger partial charge is 0.484 e. The third-order valence-corrected chi connectivity index (χ3v) is 4.75. The molecule has 1 aliphatic heterocycles. The number of rotatable bonds is 5. The van der Waals surface area contributed by atoms with E-state index in [1.54, 1.807) is 6.07 Å². The molecule has 2 aromatic rings. The minimum atomic E-state index is -5.00. The Morgan fingerprint density at radius 3 is 2.38 bits per heavy atom. The van der Waals surface area contributed by atoms with Crippen molar-refractivity contribution < 1.29 is 40.7 Å². The number of hydrogen-bond donors (Lipinski definition) is 0. The maximum absolute atomic E-state index is 13.6. The Morgan fingerprint density at radius 1 is 1.12 bits per heavy atom. The van der Waals surface area contributed by atoms with Crippen molar-refractivity contribution in [3.63, 3.8) is 0 Å². The molecule has 0 saturated carbocycles. The average molecular weight is 486 g/mol. The summed E-state index contributed by atoms with van der Waals surface area (Å²) in [6.45, 7) is -1.16.